The summed E-state index contributed by atoms with van der Waals surface area (Å²) in [5, 5.41) is 0.420. The minimum absolute atomic E-state index is 0.253. The van der Waals surface area contributed by atoms with Gasteiger partial charge in [0.2, 0.25) is 0 Å². The molecule has 3 rings (SSSR count). The molecule has 2 heterocycles. The number of methoxy groups -OCH3 is 1. The SMILES string of the molecule is COc1ccc(CN2c3ncnc(Cl)c3CC2C=O)cc1. The first kappa shape index (κ1) is 13.8. The number of ether oxygens (including phenoxy) is 1. The average Bonchev–Trinajstić information content (AvgIpc) is 2.87. The summed E-state index contributed by atoms with van der Waals surface area (Å²) >= 11 is 6.09. The summed E-state index contributed by atoms with van der Waals surface area (Å²) < 4.78 is 5.15. The van der Waals surface area contributed by atoms with Crippen LogP contribution < -0.4 is 9.64 Å². The topological polar surface area (TPSA) is 55.3 Å². The number of rotatable bonds is 4. The third-order valence-corrected chi connectivity index (χ3v) is 3.95. The van der Waals surface area contributed by atoms with Crippen molar-refractivity contribution >= 4 is 23.7 Å². The van der Waals surface area contributed by atoms with Crippen LogP contribution in [0.3, 0.4) is 0 Å². The van der Waals surface area contributed by atoms with E-state index < -0.39 is 0 Å². The quantitative estimate of drug-likeness (QED) is 0.640. The summed E-state index contributed by atoms with van der Waals surface area (Å²) in [6, 6.07) is 7.49. The first-order valence-electron chi connectivity index (χ1n) is 6.57. The van der Waals surface area contributed by atoms with E-state index in [1.807, 2.05) is 29.2 Å². The van der Waals surface area contributed by atoms with Crippen molar-refractivity contribution < 1.29 is 9.53 Å². The Labute approximate surface area is 127 Å². The minimum Gasteiger partial charge on any atom is -0.497 e. The van der Waals surface area contributed by atoms with Crippen LogP contribution >= 0.6 is 11.6 Å². The molecule has 0 spiro atoms. The van der Waals surface area contributed by atoms with Crippen LogP contribution in [0.5, 0.6) is 5.75 Å². The Morgan fingerprint density at radius 1 is 1.38 bits per heavy atom. The van der Waals surface area contributed by atoms with Gasteiger partial charge in [-0.15, -0.1) is 0 Å². The molecule has 0 amide bonds. The molecule has 0 radical (unpaired) electrons. The van der Waals surface area contributed by atoms with E-state index in [1.165, 1.54) is 6.33 Å². The molecular weight excluding hydrogens is 290 g/mol. The first-order valence-corrected chi connectivity index (χ1v) is 6.95. The van der Waals surface area contributed by atoms with E-state index in [9.17, 15) is 4.79 Å². The van der Waals surface area contributed by atoms with Crippen LogP contribution in [0.25, 0.3) is 0 Å². The lowest BCUT2D eigenvalue weighted by atomic mass is 10.1. The third-order valence-electron chi connectivity index (χ3n) is 3.62. The van der Waals surface area contributed by atoms with E-state index >= 15 is 0 Å². The highest BCUT2D eigenvalue weighted by atomic mass is 35.5. The molecule has 21 heavy (non-hydrogen) atoms. The van der Waals surface area contributed by atoms with E-state index in [4.69, 9.17) is 16.3 Å². The summed E-state index contributed by atoms with van der Waals surface area (Å²) in [7, 11) is 1.63. The maximum Gasteiger partial charge on any atom is 0.142 e. The number of aldehydes is 1. The fraction of sp³-hybridized carbons (Fsp3) is 0.267. The first-order chi connectivity index (χ1) is 10.2. The molecule has 0 saturated carbocycles. The van der Waals surface area contributed by atoms with E-state index in [0.717, 1.165) is 29.0 Å². The van der Waals surface area contributed by atoms with Gasteiger partial charge in [0, 0.05) is 18.5 Å². The van der Waals surface area contributed by atoms with Crippen LogP contribution in [0.4, 0.5) is 5.82 Å². The number of benzene rings is 1. The minimum atomic E-state index is -0.253. The van der Waals surface area contributed by atoms with Gasteiger partial charge in [0.15, 0.2) is 0 Å². The lowest BCUT2D eigenvalue weighted by Crippen LogP contribution is -2.33. The Morgan fingerprint density at radius 2 is 2.14 bits per heavy atom. The second-order valence-electron chi connectivity index (χ2n) is 4.85. The van der Waals surface area contributed by atoms with Crippen molar-refractivity contribution in [1.82, 2.24) is 9.97 Å². The summed E-state index contributed by atoms with van der Waals surface area (Å²) in [6.45, 7) is 0.591. The summed E-state index contributed by atoms with van der Waals surface area (Å²) in [5.41, 5.74) is 1.91. The standard InChI is InChI=1S/C15H14ClN3O2/c1-21-12-4-2-10(3-5-12)7-19-11(8-20)6-13-14(16)17-9-18-15(13)19/h2-5,8-9,11H,6-7H2,1H3. The van der Waals surface area contributed by atoms with Crippen LogP contribution in [0.2, 0.25) is 5.15 Å². The van der Waals surface area contributed by atoms with Gasteiger partial charge in [-0.05, 0) is 17.7 Å². The molecule has 0 fully saturated rings. The second-order valence-corrected chi connectivity index (χ2v) is 5.21. The molecule has 6 heteroatoms. The predicted octanol–water partition coefficient (Wildman–Crippen LogP) is 2.27. The number of anilines is 1. The molecule has 0 aliphatic carbocycles. The highest BCUT2D eigenvalue weighted by Crippen LogP contribution is 2.34. The maximum absolute atomic E-state index is 11.3. The molecule has 0 saturated heterocycles. The third kappa shape index (κ3) is 2.56. The molecule has 1 atom stereocenters. The number of fused-ring (bicyclic) bond motifs is 1. The second kappa shape index (κ2) is 5.69. The normalized spacial score (nSPS) is 16.7. The van der Waals surface area contributed by atoms with Gasteiger partial charge in [-0.2, -0.15) is 0 Å². The predicted molar refractivity (Wildman–Crippen MR) is 79.8 cm³/mol. The van der Waals surface area contributed by atoms with Crippen LogP contribution in [0, 0.1) is 0 Å². The number of halogens is 1. The Balaban J connectivity index is 1.89. The molecule has 1 aromatic heterocycles. The summed E-state index contributed by atoms with van der Waals surface area (Å²) in [4.78, 5) is 21.5. The molecular formula is C15H14ClN3O2. The van der Waals surface area contributed by atoms with Crippen molar-refractivity contribution in [1.29, 1.82) is 0 Å². The number of carbonyl (C=O) groups excluding carboxylic acids is 1. The van der Waals surface area contributed by atoms with E-state index in [0.29, 0.717) is 18.1 Å². The molecule has 0 N–H and O–H groups in total. The lowest BCUT2D eigenvalue weighted by Gasteiger charge is -2.22. The zero-order valence-corrected chi connectivity index (χ0v) is 12.2. The molecule has 1 aliphatic rings. The Hall–Kier alpha value is -2.14. The van der Waals surface area contributed by atoms with Gasteiger partial charge < -0.3 is 14.4 Å². The zero-order valence-electron chi connectivity index (χ0n) is 11.5. The fourth-order valence-corrected chi connectivity index (χ4v) is 2.73. The van der Waals surface area contributed by atoms with Gasteiger partial charge in [0.25, 0.3) is 0 Å². The zero-order chi connectivity index (χ0) is 14.8. The number of hydrogen-bond acceptors (Lipinski definition) is 5. The van der Waals surface area contributed by atoms with Crippen LogP contribution in [0.1, 0.15) is 11.1 Å². The molecule has 108 valence electrons. The summed E-state index contributed by atoms with van der Waals surface area (Å²) in [5.74, 6) is 1.54. The van der Waals surface area contributed by atoms with Crippen molar-refractivity contribution in [3.63, 3.8) is 0 Å². The Morgan fingerprint density at radius 3 is 2.81 bits per heavy atom. The Bertz CT molecular complexity index is 660. The highest BCUT2D eigenvalue weighted by Gasteiger charge is 2.32. The van der Waals surface area contributed by atoms with Gasteiger partial charge in [0.1, 0.15) is 29.3 Å². The van der Waals surface area contributed by atoms with Gasteiger partial charge in [0.05, 0.1) is 13.2 Å². The van der Waals surface area contributed by atoms with Crippen molar-refractivity contribution in [2.24, 2.45) is 0 Å². The molecule has 5 nitrogen and oxygen atoms in total. The molecule has 0 bridgehead atoms. The molecule has 1 aromatic carbocycles. The smallest absolute Gasteiger partial charge is 0.142 e. The number of carbonyl (C=O) groups is 1. The van der Waals surface area contributed by atoms with E-state index in [1.54, 1.807) is 7.11 Å². The van der Waals surface area contributed by atoms with E-state index in [2.05, 4.69) is 9.97 Å². The molecule has 1 aliphatic heterocycles. The van der Waals surface area contributed by atoms with Gasteiger partial charge in [-0.3, -0.25) is 0 Å². The van der Waals surface area contributed by atoms with Crippen molar-refractivity contribution in [2.75, 3.05) is 12.0 Å². The molecule has 2 aromatic rings. The maximum atomic E-state index is 11.3. The van der Waals surface area contributed by atoms with Crippen LogP contribution in [-0.2, 0) is 17.8 Å². The van der Waals surface area contributed by atoms with Crippen LogP contribution in [0.15, 0.2) is 30.6 Å². The number of hydrogen-bond donors (Lipinski definition) is 0. The monoisotopic (exact) mass is 303 g/mol. The number of nitrogens with zero attached hydrogens (tertiary/aromatic N) is 3. The largest absolute Gasteiger partial charge is 0.497 e. The van der Waals surface area contributed by atoms with Gasteiger partial charge in [-0.25, -0.2) is 9.97 Å². The highest BCUT2D eigenvalue weighted by molar-refractivity contribution is 6.30. The molecule has 1 unspecified atom stereocenters. The fourth-order valence-electron chi connectivity index (χ4n) is 2.52. The van der Waals surface area contributed by atoms with Gasteiger partial charge in [-0.1, -0.05) is 23.7 Å². The number of aromatic nitrogens is 2. The Kier molecular flexibility index (Phi) is 3.75. The summed E-state index contributed by atoms with van der Waals surface area (Å²) in [6.07, 6.45) is 2.91. The van der Waals surface area contributed by atoms with E-state index in [-0.39, 0.29) is 6.04 Å². The van der Waals surface area contributed by atoms with Crippen molar-refractivity contribution in [2.45, 2.75) is 19.0 Å². The average molecular weight is 304 g/mol. The lowest BCUT2D eigenvalue weighted by molar-refractivity contribution is -0.108. The van der Waals surface area contributed by atoms with Crippen molar-refractivity contribution in [3.05, 3.63) is 46.9 Å². The van der Waals surface area contributed by atoms with Gasteiger partial charge >= 0.3 is 0 Å². The van der Waals surface area contributed by atoms with Crippen LogP contribution in [-0.4, -0.2) is 29.4 Å². The van der Waals surface area contributed by atoms with Crippen molar-refractivity contribution in [3.8, 4) is 5.75 Å².